The molecule has 31 heavy (non-hydrogen) atoms. The minimum absolute atomic E-state index is 0.102. The molecule has 1 aliphatic heterocycles. The fraction of sp³-hybridized carbons (Fsp3) is 0.720. The summed E-state index contributed by atoms with van der Waals surface area (Å²) in [6, 6.07) is 8.05. The second-order valence-electron chi connectivity index (χ2n) is 11.1. The summed E-state index contributed by atoms with van der Waals surface area (Å²) in [7, 11) is 1.70. The molecule has 1 heterocycles. The smallest absolute Gasteiger partial charge is 0.315 e. The molecule has 6 aliphatic rings. The molecular formula is C25H33N3O3. The second-order valence-corrected chi connectivity index (χ2v) is 11.1. The van der Waals surface area contributed by atoms with Gasteiger partial charge in [0.25, 0.3) is 0 Å². The Hall–Kier alpha value is -1.95. The van der Waals surface area contributed by atoms with Crippen LogP contribution in [0.15, 0.2) is 24.3 Å². The minimum atomic E-state index is -0.655. The Morgan fingerprint density at radius 3 is 2.84 bits per heavy atom. The van der Waals surface area contributed by atoms with Crippen LogP contribution >= 0.6 is 0 Å². The highest BCUT2D eigenvalue weighted by Gasteiger charge is 2.84. The zero-order valence-electron chi connectivity index (χ0n) is 18.2. The van der Waals surface area contributed by atoms with Crippen molar-refractivity contribution >= 4 is 11.7 Å². The van der Waals surface area contributed by atoms with Crippen molar-refractivity contribution in [3.8, 4) is 5.75 Å². The standard InChI is InChI=1S/C25H33N3O3/c1-31-19-7-3-2-6-18(19)28-8-4-5-13(11-28)27-24(29)26-12-25(30)22-15-10-16-20-14(15)9-17(22)21(20)23(16)25/h2-3,6-7,13-17,20-23,30H,4-5,8-12H2,1H3,(H2,26,27,29). The van der Waals surface area contributed by atoms with Gasteiger partial charge in [-0.15, -0.1) is 0 Å². The molecule has 0 spiro atoms. The number of urea groups is 1. The van der Waals surface area contributed by atoms with Gasteiger partial charge < -0.3 is 25.4 Å². The summed E-state index contributed by atoms with van der Waals surface area (Å²) in [6.45, 7) is 2.18. The number of carbonyl (C=O) groups is 1. The van der Waals surface area contributed by atoms with Crippen LogP contribution in [0.3, 0.4) is 0 Å². The van der Waals surface area contributed by atoms with Crippen molar-refractivity contribution in [1.82, 2.24) is 10.6 Å². The average Bonchev–Trinajstić information content (AvgIpc) is 3.31. The van der Waals surface area contributed by atoms with Gasteiger partial charge in [-0.3, -0.25) is 0 Å². The Balaban J connectivity index is 0.989. The van der Waals surface area contributed by atoms with E-state index in [1.165, 1.54) is 12.8 Å². The molecule has 6 fully saturated rings. The topological polar surface area (TPSA) is 73.8 Å². The molecule has 7 rings (SSSR count). The van der Waals surface area contributed by atoms with Crippen LogP contribution in [0.5, 0.6) is 5.75 Å². The summed E-state index contributed by atoms with van der Waals surface area (Å²) in [6.07, 6.45) is 4.72. The monoisotopic (exact) mass is 423 g/mol. The van der Waals surface area contributed by atoms with E-state index in [0.29, 0.717) is 18.4 Å². The third-order valence-corrected chi connectivity index (χ3v) is 10.2. The van der Waals surface area contributed by atoms with Crippen molar-refractivity contribution in [1.29, 1.82) is 0 Å². The van der Waals surface area contributed by atoms with Crippen LogP contribution in [0.1, 0.15) is 25.7 Å². The number of anilines is 1. The predicted molar refractivity (Wildman–Crippen MR) is 117 cm³/mol. The first kappa shape index (κ1) is 18.6. The van der Waals surface area contributed by atoms with E-state index >= 15 is 0 Å². The summed E-state index contributed by atoms with van der Waals surface area (Å²) >= 11 is 0. The van der Waals surface area contributed by atoms with Crippen molar-refractivity contribution in [2.75, 3.05) is 31.6 Å². The van der Waals surface area contributed by atoms with Crippen LogP contribution in [0.2, 0.25) is 0 Å². The highest BCUT2D eigenvalue weighted by Crippen LogP contribution is 2.85. The molecule has 1 aromatic rings. The number of nitrogens with zero attached hydrogens (tertiary/aromatic N) is 1. The molecule has 5 saturated carbocycles. The van der Waals surface area contributed by atoms with Crippen molar-refractivity contribution in [2.45, 2.75) is 37.3 Å². The first-order chi connectivity index (χ1) is 15.1. The Kier molecular flexibility index (Phi) is 3.78. The van der Waals surface area contributed by atoms with Crippen LogP contribution in [0.25, 0.3) is 0 Å². The summed E-state index contributed by atoms with van der Waals surface area (Å²) in [5, 5.41) is 18.0. The van der Waals surface area contributed by atoms with E-state index in [9.17, 15) is 9.90 Å². The number of fused-ring (bicyclic) bond motifs is 2. The van der Waals surface area contributed by atoms with Gasteiger partial charge >= 0.3 is 6.03 Å². The van der Waals surface area contributed by atoms with Gasteiger partial charge in [0.15, 0.2) is 0 Å². The zero-order chi connectivity index (χ0) is 20.9. The normalized spacial score (nSPS) is 47.5. The number of nitrogens with one attached hydrogen (secondary N) is 2. The van der Waals surface area contributed by atoms with Gasteiger partial charge in [-0.25, -0.2) is 4.79 Å². The maximum absolute atomic E-state index is 12.8. The van der Waals surface area contributed by atoms with E-state index in [1.54, 1.807) is 7.11 Å². The Morgan fingerprint density at radius 1 is 1.16 bits per heavy atom. The maximum atomic E-state index is 12.8. The van der Waals surface area contributed by atoms with Crippen LogP contribution in [-0.4, -0.2) is 49.5 Å². The Morgan fingerprint density at radius 2 is 1.97 bits per heavy atom. The molecule has 6 heteroatoms. The lowest BCUT2D eigenvalue weighted by Gasteiger charge is -2.51. The van der Waals surface area contributed by atoms with E-state index in [0.717, 1.165) is 72.9 Å². The number of rotatable bonds is 5. The molecule has 1 aromatic carbocycles. The van der Waals surface area contributed by atoms with Gasteiger partial charge in [0, 0.05) is 25.7 Å². The van der Waals surface area contributed by atoms with Crippen LogP contribution in [-0.2, 0) is 0 Å². The van der Waals surface area contributed by atoms with Crippen molar-refractivity contribution in [3.63, 3.8) is 0 Å². The SMILES string of the molecule is COc1ccccc1N1CCCC(NC(=O)NCC2(O)C3C4CC5C6C4CC3C6C52)C1. The van der Waals surface area contributed by atoms with Crippen molar-refractivity contribution in [3.05, 3.63) is 24.3 Å². The Labute approximate surface area is 183 Å². The third kappa shape index (κ3) is 2.30. The van der Waals surface area contributed by atoms with E-state index in [4.69, 9.17) is 4.74 Å². The number of aliphatic hydroxyl groups is 1. The van der Waals surface area contributed by atoms with Gasteiger partial charge in [0.1, 0.15) is 5.75 Å². The Bertz CT molecular complexity index is 917. The highest BCUT2D eigenvalue weighted by atomic mass is 16.5. The average molecular weight is 424 g/mol. The summed E-state index contributed by atoms with van der Waals surface area (Å²) in [5.74, 6) is 6.56. The molecule has 2 bridgehead atoms. The van der Waals surface area contributed by atoms with Crippen LogP contribution in [0.4, 0.5) is 10.5 Å². The number of benzene rings is 1. The molecule has 10 atom stereocenters. The van der Waals surface area contributed by atoms with Gasteiger partial charge in [-0.2, -0.15) is 0 Å². The van der Waals surface area contributed by atoms with E-state index in [-0.39, 0.29) is 12.1 Å². The number of amides is 2. The molecule has 5 aliphatic carbocycles. The fourth-order valence-corrected chi connectivity index (χ4v) is 9.62. The van der Waals surface area contributed by atoms with E-state index in [2.05, 4.69) is 21.6 Å². The van der Waals surface area contributed by atoms with E-state index in [1.807, 2.05) is 18.2 Å². The molecule has 1 saturated heterocycles. The summed E-state index contributed by atoms with van der Waals surface area (Å²) in [5.41, 5.74) is 0.431. The van der Waals surface area contributed by atoms with Crippen molar-refractivity contribution in [2.24, 2.45) is 47.3 Å². The lowest BCUT2D eigenvalue weighted by atomic mass is 9.56. The van der Waals surface area contributed by atoms with Crippen LogP contribution < -0.4 is 20.3 Å². The van der Waals surface area contributed by atoms with E-state index < -0.39 is 5.60 Å². The molecule has 0 aromatic heterocycles. The number of ether oxygens (including phenoxy) is 1. The lowest BCUT2D eigenvalue weighted by Crippen LogP contribution is -2.60. The molecule has 0 radical (unpaired) electrons. The number of hydrogen-bond acceptors (Lipinski definition) is 4. The zero-order valence-corrected chi connectivity index (χ0v) is 18.2. The first-order valence-corrected chi connectivity index (χ1v) is 12.2. The predicted octanol–water partition coefficient (Wildman–Crippen LogP) is 2.47. The number of para-hydroxylation sites is 2. The van der Waals surface area contributed by atoms with Crippen molar-refractivity contribution < 1.29 is 14.6 Å². The van der Waals surface area contributed by atoms with Gasteiger partial charge in [0.05, 0.1) is 18.4 Å². The number of piperidine rings is 1. The minimum Gasteiger partial charge on any atom is -0.495 e. The number of carbonyl (C=O) groups excluding carboxylic acids is 1. The molecule has 6 nitrogen and oxygen atoms in total. The first-order valence-electron chi connectivity index (χ1n) is 12.2. The fourth-order valence-electron chi connectivity index (χ4n) is 9.62. The maximum Gasteiger partial charge on any atom is 0.315 e. The largest absolute Gasteiger partial charge is 0.495 e. The molecular weight excluding hydrogens is 390 g/mol. The summed E-state index contributed by atoms with van der Waals surface area (Å²) in [4.78, 5) is 15.1. The molecule has 166 valence electrons. The third-order valence-electron chi connectivity index (χ3n) is 10.2. The molecule has 3 N–H and O–H groups in total. The number of methoxy groups -OCH3 is 1. The van der Waals surface area contributed by atoms with Crippen LogP contribution in [0, 0.1) is 47.3 Å². The second kappa shape index (κ2) is 6.31. The summed E-state index contributed by atoms with van der Waals surface area (Å²) < 4.78 is 5.52. The molecule has 2 amide bonds. The highest BCUT2D eigenvalue weighted by molar-refractivity contribution is 5.74. The quantitative estimate of drug-likeness (QED) is 0.680. The lowest BCUT2D eigenvalue weighted by molar-refractivity contribution is -0.126. The van der Waals surface area contributed by atoms with Gasteiger partial charge in [0.2, 0.25) is 0 Å². The van der Waals surface area contributed by atoms with Gasteiger partial charge in [-0.1, -0.05) is 12.1 Å². The molecule has 10 unspecified atom stereocenters. The van der Waals surface area contributed by atoms with Gasteiger partial charge in [-0.05, 0) is 85.2 Å². The number of hydrogen-bond donors (Lipinski definition) is 3.